The molecule has 0 atom stereocenters. The van der Waals surface area contributed by atoms with Crippen LogP contribution in [0.1, 0.15) is 11.1 Å². The maximum atomic E-state index is 12.5. The third-order valence-corrected chi connectivity index (χ3v) is 4.03. The van der Waals surface area contributed by atoms with Crippen molar-refractivity contribution in [2.75, 3.05) is 12.4 Å². The number of methoxy groups -OCH3 is 1. The predicted octanol–water partition coefficient (Wildman–Crippen LogP) is 4.35. The average Bonchev–Trinajstić information content (AvgIpc) is 2.89. The number of nitro groups is 1. The van der Waals surface area contributed by atoms with E-state index in [-0.39, 0.29) is 16.9 Å². The molecule has 0 saturated carbocycles. The fourth-order valence-electron chi connectivity index (χ4n) is 2.65. The first-order valence-corrected chi connectivity index (χ1v) is 7.82. The van der Waals surface area contributed by atoms with Gasteiger partial charge in [-0.15, -0.1) is 0 Å². The summed E-state index contributed by atoms with van der Waals surface area (Å²) in [5.74, 6) is -1.10. The topological polar surface area (TPSA) is 90.7 Å². The van der Waals surface area contributed by atoms with Crippen molar-refractivity contribution in [3.05, 3.63) is 56.6 Å². The van der Waals surface area contributed by atoms with Gasteiger partial charge in [0.1, 0.15) is 0 Å². The number of ether oxygens (including phenoxy) is 2. The highest BCUT2D eigenvalue weighted by molar-refractivity contribution is 6.36. The van der Waals surface area contributed by atoms with E-state index in [0.717, 1.165) is 12.1 Å². The largest absolute Gasteiger partial charge is 0.493 e. The first-order valence-electron chi connectivity index (χ1n) is 7.44. The molecule has 0 fully saturated rings. The van der Waals surface area contributed by atoms with Crippen molar-refractivity contribution in [1.82, 2.24) is 0 Å². The monoisotopic (exact) mass is 396 g/mol. The third-order valence-electron chi connectivity index (χ3n) is 3.79. The zero-order chi connectivity index (χ0) is 19.7. The summed E-state index contributed by atoms with van der Waals surface area (Å²) >= 11 is 5.89. The van der Waals surface area contributed by atoms with Crippen molar-refractivity contribution >= 4 is 40.5 Å². The van der Waals surface area contributed by atoms with Crippen LogP contribution in [-0.2, 0) is 4.79 Å². The van der Waals surface area contributed by atoms with Gasteiger partial charge in [0.2, 0.25) is 0 Å². The predicted molar refractivity (Wildman–Crippen MR) is 94.2 cm³/mol. The zero-order valence-electron chi connectivity index (χ0n) is 13.7. The van der Waals surface area contributed by atoms with Gasteiger partial charge in [0.25, 0.3) is 11.6 Å². The molecule has 0 aromatic heterocycles. The number of carbonyl (C=O) groups excluding carboxylic acids is 1. The fourth-order valence-corrected chi connectivity index (χ4v) is 2.82. The molecule has 1 amide bonds. The number of alkyl halides is 2. The first kappa shape index (κ1) is 18.6. The number of rotatable bonds is 5. The van der Waals surface area contributed by atoms with E-state index in [9.17, 15) is 23.7 Å². The Balaban J connectivity index is 2.15. The van der Waals surface area contributed by atoms with E-state index < -0.39 is 28.9 Å². The van der Waals surface area contributed by atoms with Crippen LogP contribution >= 0.6 is 11.6 Å². The highest BCUT2D eigenvalue weighted by Gasteiger charge is 2.27. The molecule has 10 heteroatoms. The third kappa shape index (κ3) is 3.68. The summed E-state index contributed by atoms with van der Waals surface area (Å²) in [6.45, 7) is -3.18. The maximum absolute atomic E-state index is 12.5. The van der Waals surface area contributed by atoms with E-state index in [2.05, 4.69) is 10.1 Å². The fraction of sp³-hybridized carbons (Fsp3) is 0.118. The van der Waals surface area contributed by atoms with Gasteiger partial charge >= 0.3 is 6.61 Å². The van der Waals surface area contributed by atoms with E-state index in [0.29, 0.717) is 16.3 Å². The highest BCUT2D eigenvalue weighted by Crippen LogP contribution is 2.40. The van der Waals surface area contributed by atoms with E-state index in [1.54, 1.807) is 18.2 Å². The second-order valence-corrected chi connectivity index (χ2v) is 5.84. The number of hydrogen-bond acceptors (Lipinski definition) is 5. The van der Waals surface area contributed by atoms with Crippen molar-refractivity contribution in [2.45, 2.75) is 6.61 Å². The summed E-state index contributed by atoms with van der Waals surface area (Å²) < 4.78 is 34.3. The van der Waals surface area contributed by atoms with Crippen LogP contribution in [0.25, 0.3) is 11.6 Å². The van der Waals surface area contributed by atoms with Crippen LogP contribution < -0.4 is 14.8 Å². The Morgan fingerprint density at radius 2 is 2.00 bits per heavy atom. The average molecular weight is 397 g/mol. The van der Waals surface area contributed by atoms with Crippen LogP contribution in [0.3, 0.4) is 0 Å². The van der Waals surface area contributed by atoms with Crippen LogP contribution in [0.5, 0.6) is 11.5 Å². The van der Waals surface area contributed by atoms with Crippen LogP contribution in [0.4, 0.5) is 20.2 Å². The molecular weight excluding hydrogens is 386 g/mol. The molecule has 0 aliphatic carbocycles. The molecule has 2 aromatic carbocycles. The molecule has 0 saturated heterocycles. The lowest BCUT2D eigenvalue weighted by Gasteiger charge is -2.11. The second kappa shape index (κ2) is 7.20. The summed E-state index contributed by atoms with van der Waals surface area (Å²) in [5, 5.41) is 14.4. The number of nitrogens with zero attached hydrogens (tertiary/aromatic N) is 1. The van der Waals surface area contributed by atoms with Crippen molar-refractivity contribution in [3.63, 3.8) is 0 Å². The Bertz CT molecular complexity index is 978. The van der Waals surface area contributed by atoms with E-state index in [1.807, 2.05) is 0 Å². The second-order valence-electron chi connectivity index (χ2n) is 5.40. The minimum absolute atomic E-state index is 0.00795. The van der Waals surface area contributed by atoms with Gasteiger partial charge in [0, 0.05) is 16.2 Å². The SMILES string of the molecule is COc1cc(C=C2C(=O)Nc3cc(Cl)ccc32)c([N+](=O)[O-])cc1OC(F)F. The van der Waals surface area contributed by atoms with Gasteiger partial charge in [-0.1, -0.05) is 17.7 Å². The van der Waals surface area contributed by atoms with Gasteiger partial charge < -0.3 is 14.8 Å². The van der Waals surface area contributed by atoms with Crippen LogP contribution in [0, 0.1) is 10.1 Å². The molecule has 7 nitrogen and oxygen atoms in total. The minimum atomic E-state index is -3.18. The molecule has 1 aliphatic rings. The van der Waals surface area contributed by atoms with Crippen LogP contribution in [0.2, 0.25) is 5.02 Å². The highest BCUT2D eigenvalue weighted by atomic mass is 35.5. The number of fused-ring (bicyclic) bond motifs is 1. The molecular formula is C17H11ClF2N2O5. The maximum Gasteiger partial charge on any atom is 0.387 e. The summed E-state index contributed by atoms with van der Waals surface area (Å²) in [6, 6.07) is 6.70. The summed E-state index contributed by atoms with van der Waals surface area (Å²) in [7, 11) is 1.20. The minimum Gasteiger partial charge on any atom is -0.493 e. The van der Waals surface area contributed by atoms with Gasteiger partial charge in [-0.05, 0) is 24.3 Å². The smallest absolute Gasteiger partial charge is 0.387 e. The van der Waals surface area contributed by atoms with Crippen molar-refractivity contribution in [2.24, 2.45) is 0 Å². The Kier molecular flexibility index (Phi) is 4.95. The number of amides is 1. The van der Waals surface area contributed by atoms with E-state index in [1.165, 1.54) is 13.2 Å². The lowest BCUT2D eigenvalue weighted by molar-refractivity contribution is -0.385. The van der Waals surface area contributed by atoms with Gasteiger partial charge in [-0.2, -0.15) is 8.78 Å². The summed E-state index contributed by atoms with van der Waals surface area (Å²) in [6.07, 6.45) is 1.28. The number of nitro benzene ring substituents is 1. The molecule has 1 N–H and O–H groups in total. The summed E-state index contributed by atoms with van der Waals surface area (Å²) in [4.78, 5) is 22.9. The quantitative estimate of drug-likeness (QED) is 0.461. The number of nitrogens with one attached hydrogen (secondary N) is 1. The number of halogens is 3. The molecule has 140 valence electrons. The van der Waals surface area contributed by atoms with Crippen LogP contribution in [-0.4, -0.2) is 24.6 Å². The number of anilines is 1. The van der Waals surface area contributed by atoms with Crippen molar-refractivity contribution < 1.29 is 28.0 Å². The molecule has 3 rings (SSSR count). The number of carbonyl (C=O) groups is 1. The summed E-state index contributed by atoms with van der Waals surface area (Å²) in [5.41, 5.74) is 0.603. The molecule has 1 heterocycles. The number of benzene rings is 2. The molecule has 0 bridgehead atoms. The number of hydrogen-bond donors (Lipinski definition) is 1. The normalized spacial score (nSPS) is 14.3. The van der Waals surface area contributed by atoms with Gasteiger partial charge in [0.15, 0.2) is 11.5 Å². The molecule has 2 aromatic rings. The van der Waals surface area contributed by atoms with Gasteiger partial charge in [-0.25, -0.2) is 0 Å². The van der Waals surface area contributed by atoms with Gasteiger partial charge in [0.05, 0.1) is 29.4 Å². The standard InChI is InChI=1S/C17H11ClF2N2O5/c1-26-14-5-8(13(22(24)25)7-15(14)27-17(19)20)4-11-10-3-2-9(18)6-12(10)21-16(11)23/h2-7,17H,1H3,(H,21,23). The molecule has 0 unspecified atom stereocenters. The Morgan fingerprint density at radius 3 is 2.63 bits per heavy atom. The Labute approximate surface area is 156 Å². The Morgan fingerprint density at radius 1 is 1.26 bits per heavy atom. The van der Waals surface area contributed by atoms with Crippen molar-refractivity contribution in [3.8, 4) is 11.5 Å². The van der Waals surface area contributed by atoms with E-state index in [4.69, 9.17) is 16.3 Å². The lowest BCUT2D eigenvalue weighted by atomic mass is 10.0. The Hall–Kier alpha value is -3.20. The molecule has 27 heavy (non-hydrogen) atoms. The lowest BCUT2D eigenvalue weighted by Crippen LogP contribution is -2.06. The van der Waals surface area contributed by atoms with Crippen LogP contribution in [0.15, 0.2) is 30.3 Å². The first-order chi connectivity index (χ1) is 12.8. The molecule has 1 aliphatic heterocycles. The molecule has 0 radical (unpaired) electrons. The van der Waals surface area contributed by atoms with Gasteiger partial charge in [-0.3, -0.25) is 14.9 Å². The van der Waals surface area contributed by atoms with E-state index >= 15 is 0 Å². The zero-order valence-corrected chi connectivity index (χ0v) is 14.4. The van der Waals surface area contributed by atoms with Crippen molar-refractivity contribution in [1.29, 1.82) is 0 Å². The molecule has 0 spiro atoms.